The molecular formula is C10H8Cl3FN2O2. The molecule has 1 rings (SSSR count). The number of urea groups is 1. The maximum atomic E-state index is 12.7. The Morgan fingerprint density at radius 2 is 2.06 bits per heavy atom. The van der Waals surface area contributed by atoms with Crippen LogP contribution < -0.4 is 10.6 Å². The number of hydrogen-bond donors (Lipinski definition) is 2. The quantitative estimate of drug-likeness (QED) is 0.843. The zero-order valence-corrected chi connectivity index (χ0v) is 11.1. The minimum Gasteiger partial charge on any atom is -0.306 e. The molecule has 0 aliphatic rings. The van der Waals surface area contributed by atoms with E-state index in [9.17, 15) is 14.0 Å². The lowest BCUT2D eigenvalue weighted by molar-refractivity contribution is -0.119. The number of carbonyl (C=O) groups is 2. The van der Waals surface area contributed by atoms with Crippen molar-refractivity contribution in [3.05, 3.63) is 29.0 Å². The first-order valence-corrected chi connectivity index (χ1v) is 6.06. The maximum Gasteiger partial charge on any atom is 0.325 e. The Hall–Kier alpha value is -1.04. The van der Waals surface area contributed by atoms with Gasteiger partial charge in [-0.25, -0.2) is 9.18 Å². The summed E-state index contributed by atoms with van der Waals surface area (Å²) in [6, 6.07) is 2.58. The molecule has 1 atom stereocenters. The highest BCUT2D eigenvalue weighted by molar-refractivity contribution is 6.37. The topological polar surface area (TPSA) is 58.2 Å². The molecule has 0 aliphatic carbocycles. The summed E-state index contributed by atoms with van der Waals surface area (Å²) in [5.74, 6) is -1.40. The second-order valence-electron chi connectivity index (χ2n) is 3.19. The molecule has 98 valence electrons. The van der Waals surface area contributed by atoms with Crippen LogP contribution in [0.25, 0.3) is 0 Å². The van der Waals surface area contributed by atoms with Crippen LogP contribution in [-0.2, 0) is 4.79 Å². The van der Waals surface area contributed by atoms with Crippen LogP contribution in [0.1, 0.15) is 0 Å². The van der Waals surface area contributed by atoms with E-state index in [-0.39, 0.29) is 16.6 Å². The van der Waals surface area contributed by atoms with Gasteiger partial charge in [0.1, 0.15) is 11.2 Å². The summed E-state index contributed by atoms with van der Waals surface area (Å²) < 4.78 is 12.7. The summed E-state index contributed by atoms with van der Waals surface area (Å²) in [7, 11) is 0. The van der Waals surface area contributed by atoms with Gasteiger partial charge in [0.05, 0.1) is 10.7 Å². The number of alkyl halides is 2. The smallest absolute Gasteiger partial charge is 0.306 e. The summed E-state index contributed by atoms with van der Waals surface area (Å²) in [4.78, 5) is 22.6. The maximum absolute atomic E-state index is 12.7. The predicted octanol–water partition coefficient (Wildman–Crippen LogP) is 2.97. The lowest BCUT2D eigenvalue weighted by Crippen LogP contribution is -2.39. The Labute approximate surface area is 117 Å². The van der Waals surface area contributed by atoms with Gasteiger partial charge in [0.2, 0.25) is 5.91 Å². The van der Waals surface area contributed by atoms with Crippen LogP contribution in [0.2, 0.25) is 5.02 Å². The second kappa shape index (κ2) is 6.78. The molecular weight excluding hydrogens is 305 g/mol. The Bertz CT molecular complexity index is 470. The van der Waals surface area contributed by atoms with Gasteiger partial charge in [-0.3, -0.25) is 10.1 Å². The third kappa shape index (κ3) is 4.33. The standard InChI is InChI=1S/C10H8Cl3FN2O2/c11-4-7(13)9(17)16-10(18)15-8-2-1-5(14)3-6(8)12/h1-3,7H,4H2,(H2,15,16,17,18). The van der Waals surface area contributed by atoms with Crippen LogP contribution in [-0.4, -0.2) is 23.2 Å². The fraction of sp³-hybridized carbons (Fsp3) is 0.200. The van der Waals surface area contributed by atoms with Gasteiger partial charge in [-0.2, -0.15) is 0 Å². The summed E-state index contributed by atoms with van der Waals surface area (Å²) in [5, 5.41) is 3.24. The number of amides is 3. The van der Waals surface area contributed by atoms with Crippen molar-refractivity contribution in [2.75, 3.05) is 11.2 Å². The van der Waals surface area contributed by atoms with Crippen LogP contribution in [0.5, 0.6) is 0 Å². The van der Waals surface area contributed by atoms with Crippen molar-refractivity contribution in [2.45, 2.75) is 5.38 Å². The number of halogens is 4. The Morgan fingerprint density at radius 3 is 2.61 bits per heavy atom. The zero-order valence-electron chi connectivity index (χ0n) is 8.84. The Balaban J connectivity index is 2.62. The van der Waals surface area contributed by atoms with Crippen LogP contribution >= 0.6 is 34.8 Å². The molecule has 3 amide bonds. The minimum atomic E-state index is -1.01. The fourth-order valence-electron chi connectivity index (χ4n) is 1.00. The van der Waals surface area contributed by atoms with Gasteiger partial charge in [0.25, 0.3) is 0 Å². The molecule has 0 radical (unpaired) electrons. The van der Waals surface area contributed by atoms with Crippen molar-refractivity contribution >= 4 is 52.4 Å². The van der Waals surface area contributed by atoms with E-state index in [0.29, 0.717) is 0 Å². The van der Waals surface area contributed by atoms with Gasteiger partial charge in [0, 0.05) is 5.88 Å². The van der Waals surface area contributed by atoms with Gasteiger partial charge in [0.15, 0.2) is 0 Å². The molecule has 4 nitrogen and oxygen atoms in total. The first-order chi connectivity index (χ1) is 8.43. The Morgan fingerprint density at radius 1 is 1.39 bits per heavy atom. The van der Waals surface area contributed by atoms with Crippen LogP contribution in [0.15, 0.2) is 18.2 Å². The number of anilines is 1. The highest BCUT2D eigenvalue weighted by Crippen LogP contribution is 2.22. The number of hydrogen-bond acceptors (Lipinski definition) is 2. The van der Waals surface area contributed by atoms with E-state index in [1.54, 1.807) is 0 Å². The molecule has 0 aliphatic heterocycles. The van der Waals surface area contributed by atoms with Crippen molar-refractivity contribution in [2.24, 2.45) is 0 Å². The van der Waals surface area contributed by atoms with Crippen LogP contribution in [0.3, 0.4) is 0 Å². The average Bonchev–Trinajstić information content (AvgIpc) is 2.31. The molecule has 1 unspecified atom stereocenters. The second-order valence-corrected chi connectivity index (χ2v) is 4.43. The van der Waals surface area contributed by atoms with E-state index >= 15 is 0 Å². The summed E-state index contributed by atoms with van der Waals surface area (Å²) in [6.45, 7) is 0. The first kappa shape index (κ1) is 15.0. The summed E-state index contributed by atoms with van der Waals surface area (Å²) in [6.07, 6.45) is 0. The summed E-state index contributed by atoms with van der Waals surface area (Å²) >= 11 is 16.5. The highest BCUT2D eigenvalue weighted by Gasteiger charge is 2.17. The van der Waals surface area contributed by atoms with E-state index in [4.69, 9.17) is 34.8 Å². The van der Waals surface area contributed by atoms with Crippen molar-refractivity contribution < 1.29 is 14.0 Å². The first-order valence-electron chi connectivity index (χ1n) is 4.71. The molecule has 0 aromatic heterocycles. The molecule has 18 heavy (non-hydrogen) atoms. The van der Waals surface area contributed by atoms with Gasteiger partial charge in [-0.05, 0) is 18.2 Å². The number of carbonyl (C=O) groups excluding carboxylic acids is 2. The number of imide groups is 1. The van der Waals surface area contributed by atoms with Crippen molar-refractivity contribution in [3.63, 3.8) is 0 Å². The SMILES string of the molecule is O=C(NC(=O)C(Cl)CCl)Nc1ccc(F)cc1Cl. The van der Waals surface area contributed by atoms with E-state index in [2.05, 4.69) is 5.32 Å². The lowest BCUT2D eigenvalue weighted by atomic mass is 10.3. The molecule has 1 aromatic carbocycles. The lowest BCUT2D eigenvalue weighted by Gasteiger charge is -2.09. The zero-order chi connectivity index (χ0) is 13.7. The molecule has 0 heterocycles. The molecule has 0 bridgehead atoms. The van der Waals surface area contributed by atoms with Crippen molar-refractivity contribution in [1.82, 2.24) is 5.32 Å². The number of rotatable bonds is 3. The average molecular weight is 314 g/mol. The van der Waals surface area contributed by atoms with Crippen molar-refractivity contribution in [3.8, 4) is 0 Å². The molecule has 1 aromatic rings. The van der Waals surface area contributed by atoms with Crippen LogP contribution in [0, 0.1) is 5.82 Å². The normalized spacial score (nSPS) is 11.8. The molecule has 0 saturated heterocycles. The van der Waals surface area contributed by atoms with E-state index in [1.165, 1.54) is 6.07 Å². The van der Waals surface area contributed by atoms with Gasteiger partial charge in [-0.1, -0.05) is 11.6 Å². The monoisotopic (exact) mass is 312 g/mol. The molecule has 0 fully saturated rings. The van der Waals surface area contributed by atoms with Gasteiger partial charge < -0.3 is 5.32 Å². The third-order valence-electron chi connectivity index (χ3n) is 1.84. The largest absolute Gasteiger partial charge is 0.325 e. The fourth-order valence-corrected chi connectivity index (χ4v) is 1.41. The van der Waals surface area contributed by atoms with E-state index in [0.717, 1.165) is 12.1 Å². The van der Waals surface area contributed by atoms with E-state index in [1.807, 2.05) is 5.32 Å². The minimum absolute atomic E-state index is 0.0114. The predicted molar refractivity (Wildman–Crippen MR) is 68.9 cm³/mol. The highest BCUT2D eigenvalue weighted by atomic mass is 35.5. The Kier molecular flexibility index (Phi) is 5.65. The van der Waals surface area contributed by atoms with Gasteiger partial charge >= 0.3 is 6.03 Å². The van der Waals surface area contributed by atoms with Crippen LogP contribution in [0.4, 0.5) is 14.9 Å². The number of nitrogens with one attached hydrogen (secondary N) is 2. The van der Waals surface area contributed by atoms with Gasteiger partial charge in [-0.15, -0.1) is 23.2 Å². The van der Waals surface area contributed by atoms with Crippen molar-refractivity contribution in [1.29, 1.82) is 0 Å². The summed E-state index contributed by atoms with van der Waals surface area (Å²) in [5.41, 5.74) is 0.167. The molecule has 0 spiro atoms. The number of benzene rings is 1. The molecule has 2 N–H and O–H groups in total. The molecule has 8 heteroatoms. The third-order valence-corrected chi connectivity index (χ3v) is 2.97. The molecule has 0 saturated carbocycles. The van der Waals surface area contributed by atoms with E-state index < -0.39 is 23.1 Å².